The topological polar surface area (TPSA) is 73.1 Å². The van der Waals surface area contributed by atoms with Gasteiger partial charge in [0.15, 0.2) is 5.82 Å². The first kappa shape index (κ1) is 21.9. The molecule has 30 heavy (non-hydrogen) atoms. The van der Waals surface area contributed by atoms with Crippen molar-refractivity contribution in [3.8, 4) is 0 Å². The average molecular weight is 423 g/mol. The lowest BCUT2D eigenvalue weighted by Gasteiger charge is -2.30. The van der Waals surface area contributed by atoms with Crippen LogP contribution in [0.2, 0.25) is 0 Å². The van der Waals surface area contributed by atoms with Crippen molar-refractivity contribution in [2.45, 2.75) is 32.5 Å². The normalized spacial score (nSPS) is 15.8. The minimum absolute atomic E-state index is 0.0149. The van der Waals surface area contributed by atoms with E-state index in [1.165, 1.54) is 16.9 Å². The molecule has 0 unspecified atom stereocenters. The fourth-order valence-electron chi connectivity index (χ4n) is 3.45. The highest BCUT2D eigenvalue weighted by atomic mass is 19.4. The molecule has 0 N–H and O–H groups in total. The molecule has 1 aliphatic rings. The number of benzene rings is 1. The predicted molar refractivity (Wildman–Crippen MR) is 103 cm³/mol. The number of likely N-dealkylation sites (tertiary alicyclic amines) is 1. The van der Waals surface area contributed by atoms with Crippen LogP contribution in [0.4, 0.5) is 13.2 Å². The van der Waals surface area contributed by atoms with Gasteiger partial charge in [0.25, 0.3) is 0 Å². The number of hydrogen-bond acceptors (Lipinski definition) is 5. The first-order valence-corrected chi connectivity index (χ1v) is 9.66. The Hall–Kier alpha value is -2.75. The first-order valence-electron chi connectivity index (χ1n) is 9.66. The maximum atomic E-state index is 13.1. The summed E-state index contributed by atoms with van der Waals surface area (Å²) in [6.45, 7) is 3.62. The van der Waals surface area contributed by atoms with Gasteiger partial charge in [-0.25, -0.2) is 0 Å². The molecule has 3 rings (SSSR count). The van der Waals surface area contributed by atoms with Gasteiger partial charge in [-0.15, -0.1) is 10.2 Å². The van der Waals surface area contributed by atoms with Crippen LogP contribution in [-0.4, -0.2) is 57.8 Å². The molecule has 7 nitrogen and oxygen atoms in total. The number of ether oxygens (including phenoxy) is 1. The number of alkyl halides is 3. The molecule has 1 aromatic carbocycles. The van der Waals surface area contributed by atoms with E-state index in [4.69, 9.17) is 4.74 Å². The molecule has 1 fully saturated rings. The molecule has 2 heterocycles. The molecule has 0 spiro atoms. The number of hydrogen-bond donors (Lipinski definition) is 0. The van der Waals surface area contributed by atoms with Crippen molar-refractivity contribution in [2.24, 2.45) is 5.92 Å². The second-order valence-electron chi connectivity index (χ2n) is 7.34. The van der Waals surface area contributed by atoms with Crippen molar-refractivity contribution in [1.82, 2.24) is 25.1 Å². The number of carbonyl (C=O) groups excluding carboxylic acids is 1. The highest BCUT2D eigenvalue weighted by Gasteiger charge is 2.31. The number of rotatable bonds is 6. The molecule has 0 bridgehead atoms. The van der Waals surface area contributed by atoms with E-state index in [9.17, 15) is 18.0 Å². The van der Waals surface area contributed by atoms with Gasteiger partial charge in [-0.3, -0.25) is 4.79 Å². The summed E-state index contributed by atoms with van der Waals surface area (Å²) in [4.78, 5) is 15.5. The average Bonchev–Trinajstić information content (AvgIpc) is 3.11. The first-order chi connectivity index (χ1) is 14.3. The molecule has 0 radical (unpaired) electrons. The molecule has 10 heteroatoms. The number of nitrogens with zero attached hydrogens (tertiary/aromatic N) is 5. The Bertz CT molecular complexity index is 902. The van der Waals surface area contributed by atoms with Crippen molar-refractivity contribution >= 4 is 12.0 Å². The zero-order valence-corrected chi connectivity index (χ0v) is 16.9. The van der Waals surface area contributed by atoms with Crippen molar-refractivity contribution in [2.75, 3.05) is 26.8 Å². The largest absolute Gasteiger partial charge is 0.416 e. The van der Waals surface area contributed by atoms with Crippen molar-refractivity contribution < 1.29 is 22.7 Å². The summed E-state index contributed by atoms with van der Waals surface area (Å²) in [7, 11) is 1.66. The molecule has 1 amide bonds. The highest BCUT2D eigenvalue weighted by molar-refractivity contribution is 5.92. The second-order valence-corrected chi connectivity index (χ2v) is 7.34. The maximum absolute atomic E-state index is 13.1. The van der Waals surface area contributed by atoms with Crippen LogP contribution in [0, 0.1) is 12.8 Å². The highest BCUT2D eigenvalue weighted by Crippen LogP contribution is 2.31. The van der Waals surface area contributed by atoms with Crippen LogP contribution in [0.5, 0.6) is 0 Å². The number of aromatic nitrogens is 4. The third kappa shape index (κ3) is 5.65. The molecule has 2 aromatic rings. The Morgan fingerprint density at radius 3 is 2.63 bits per heavy atom. The van der Waals surface area contributed by atoms with Gasteiger partial charge in [0, 0.05) is 32.9 Å². The minimum atomic E-state index is -4.47. The number of piperidine rings is 1. The Morgan fingerprint density at radius 1 is 1.30 bits per heavy atom. The van der Waals surface area contributed by atoms with Gasteiger partial charge in [0.2, 0.25) is 5.91 Å². The van der Waals surface area contributed by atoms with Crippen LogP contribution >= 0.6 is 0 Å². The van der Waals surface area contributed by atoms with Crippen LogP contribution < -0.4 is 0 Å². The van der Waals surface area contributed by atoms with Crippen LogP contribution in [0.25, 0.3) is 6.08 Å². The molecule has 0 atom stereocenters. The van der Waals surface area contributed by atoms with Crippen molar-refractivity contribution in [1.29, 1.82) is 0 Å². The predicted octanol–water partition coefficient (Wildman–Crippen LogP) is 2.95. The monoisotopic (exact) mass is 423 g/mol. The number of tetrazole rings is 1. The van der Waals surface area contributed by atoms with Crippen LogP contribution in [0.3, 0.4) is 0 Å². The van der Waals surface area contributed by atoms with E-state index in [1.807, 2.05) is 0 Å². The molecule has 0 saturated carbocycles. The molecular weight excluding hydrogens is 399 g/mol. The summed E-state index contributed by atoms with van der Waals surface area (Å²) >= 11 is 0. The van der Waals surface area contributed by atoms with E-state index in [1.54, 1.807) is 25.0 Å². The summed E-state index contributed by atoms with van der Waals surface area (Å²) < 4.78 is 44.6. The van der Waals surface area contributed by atoms with E-state index in [0.717, 1.165) is 25.0 Å². The zero-order chi connectivity index (χ0) is 21.7. The fourth-order valence-corrected chi connectivity index (χ4v) is 3.45. The molecule has 1 aliphatic heterocycles. The Kier molecular flexibility index (Phi) is 6.86. The molecule has 162 valence electrons. The van der Waals surface area contributed by atoms with Crippen LogP contribution in [-0.2, 0) is 22.3 Å². The van der Waals surface area contributed by atoms with Gasteiger partial charge in [0.05, 0.1) is 12.1 Å². The van der Waals surface area contributed by atoms with Crippen LogP contribution in [0.15, 0.2) is 24.3 Å². The van der Waals surface area contributed by atoms with Crippen molar-refractivity contribution in [3.05, 3.63) is 46.8 Å². The van der Waals surface area contributed by atoms with Gasteiger partial charge in [-0.1, -0.05) is 6.07 Å². The lowest BCUT2D eigenvalue weighted by Crippen LogP contribution is -2.38. The van der Waals surface area contributed by atoms with E-state index in [-0.39, 0.29) is 12.5 Å². The quantitative estimate of drug-likeness (QED) is 0.668. The Morgan fingerprint density at radius 2 is 2.03 bits per heavy atom. The number of halogens is 3. The standard InChI is InChI=1S/C20H24F3N5O2/c1-14-24-26-28(25-14)12-17-11-18(20(21,22)23)5-3-16(17)4-6-19(29)27-9-7-15(8-10-27)13-30-2/h3-6,11,15H,7-10,12-13H2,1-2H3. The lowest BCUT2D eigenvalue weighted by molar-refractivity contribution is -0.137. The van der Waals surface area contributed by atoms with E-state index >= 15 is 0 Å². The van der Waals surface area contributed by atoms with E-state index in [2.05, 4.69) is 15.4 Å². The lowest BCUT2D eigenvalue weighted by atomic mass is 9.97. The number of amides is 1. The molecule has 1 saturated heterocycles. The maximum Gasteiger partial charge on any atom is 0.416 e. The molecule has 1 aromatic heterocycles. The van der Waals surface area contributed by atoms with Gasteiger partial charge in [-0.05, 0) is 60.2 Å². The summed E-state index contributed by atoms with van der Waals surface area (Å²) in [5.41, 5.74) is 0.0867. The zero-order valence-electron chi connectivity index (χ0n) is 16.9. The summed E-state index contributed by atoms with van der Waals surface area (Å²) in [5, 5.41) is 11.6. The number of carbonyl (C=O) groups is 1. The Balaban J connectivity index is 1.76. The van der Waals surface area contributed by atoms with Gasteiger partial charge in [-0.2, -0.15) is 18.0 Å². The second kappa shape index (κ2) is 9.38. The van der Waals surface area contributed by atoms with Crippen molar-refractivity contribution in [3.63, 3.8) is 0 Å². The fraction of sp³-hybridized carbons (Fsp3) is 0.500. The van der Waals surface area contributed by atoms with Crippen LogP contribution in [0.1, 0.15) is 35.4 Å². The van der Waals surface area contributed by atoms with Gasteiger partial charge < -0.3 is 9.64 Å². The Labute approximate surface area is 172 Å². The number of aryl methyl sites for hydroxylation is 1. The third-order valence-electron chi connectivity index (χ3n) is 5.07. The summed E-state index contributed by atoms with van der Waals surface area (Å²) in [5.74, 6) is 0.709. The van der Waals surface area contributed by atoms with Gasteiger partial charge >= 0.3 is 6.18 Å². The smallest absolute Gasteiger partial charge is 0.384 e. The summed E-state index contributed by atoms with van der Waals surface area (Å²) in [6.07, 6.45) is 0.225. The summed E-state index contributed by atoms with van der Waals surface area (Å²) in [6, 6.07) is 3.42. The van der Waals surface area contributed by atoms with Gasteiger partial charge in [0.1, 0.15) is 0 Å². The molecular formula is C20H24F3N5O2. The SMILES string of the molecule is COCC1CCN(C(=O)C=Cc2ccc(C(F)(F)F)cc2Cn2nnc(C)n2)CC1. The van der Waals surface area contributed by atoms with E-state index < -0.39 is 11.7 Å². The minimum Gasteiger partial charge on any atom is -0.384 e. The third-order valence-corrected chi connectivity index (χ3v) is 5.07. The molecule has 0 aliphatic carbocycles. The van der Waals surface area contributed by atoms with E-state index in [0.29, 0.717) is 42.6 Å². The number of methoxy groups -OCH3 is 1.